The van der Waals surface area contributed by atoms with Crippen LogP contribution in [0.2, 0.25) is 0 Å². The molecule has 14 heavy (non-hydrogen) atoms. The van der Waals surface area contributed by atoms with Crippen LogP contribution < -0.4 is 0 Å². The van der Waals surface area contributed by atoms with Gasteiger partial charge in [-0.2, -0.15) is 0 Å². The second-order valence-corrected chi connectivity index (χ2v) is 5.44. The first-order valence-electron chi connectivity index (χ1n) is 5.84. The molecule has 78 valence electrons. The Morgan fingerprint density at radius 3 is 2.71 bits per heavy atom. The van der Waals surface area contributed by atoms with Gasteiger partial charge in [0.1, 0.15) is 0 Å². The predicted octanol–water partition coefficient (Wildman–Crippen LogP) is 3.49. The number of carbonyl (C=O) groups is 1. The van der Waals surface area contributed by atoms with E-state index in [9.17, 15) is 4.79 Å². The van der Waals surface area contributed by atoms with Gasteiger partial charge >= 0.3 is 0 Å². The van der Waals surface area contributed by atoms with Crippen LogP contribution in [0.1, 0.15) is 52.4 Å². The van der Waals surface area contributed by atoms with Crippen molar-refractivity contribution in [1.29, 1.82) is 0 Å². The lowest BCUT2D eigenvalue weighted by molar-refractivity contribution is -0.117. The topological polar surface area (TPSA) is 17.1 Å². The summed E-state index contributed by atoms with van der Waals surface area (Å²) in [5.41, 5.74) is 1.43. The molecule has 0 N–H and O–H groups in total. The molecule has 2 aliphatic rings. The Hall–Kier alpha value is -0.590. The third-order valence-electron chi connectivity index (χ3n) is 3.69. The Morgan fingerprint density at radius 2 is 2.07 bits per heavy atom. The SMILES string of the molecule is CC1(C)CC1C(=O)C1=CCCCCC1. The van der Waals surface area contributed by atoms with Crippen LogP contribution >= 0.6 is 0 Å². The first kappa shape index (κ1) is 9.95. The fourth-order valence-electron chi connectivity index (χ4n) is 2.38. The molecule has 0 bridgehead atoms. The quantitative estimate of drug-likeness (QED) is 0.654. The van der Waals surface area contributed by atoms with Gasteiger partial charge in [0.2, 0.25) is 0 Å². The fourth-order valence-corrected chi connectivity index (χ4v) is 2.38. The van der Waals surface area contributed by atoms with Crippen LogP contribution in [0.3, 0.4) is 0 Å². The third kappa shape index (κ3) is 1.92. The second-order valence-electron chi connectivity index (χ2n) is 5.44. The maximum atomic E-state index is 12.1. The summed E-state index contributed by atoms with van der Waals surface area (Å²) < 4.78 is 0. The van der Waals surface area contributed by atoms with Crippen molar-refractivity contribution in [2.75, 3.05) is 0 Å². The Labute approximate surface area is 86.6 Å². The highest BCUT2D eigenvalue weighted by Gasteiger charge is 2.50. The van der Waals surface area contributed by atoms with Crippen molar-refractivity contribution < 1.29 is 4.79 Å². The van der Waals surface area contributed by atoms with Gasteiger partial charge in [-0.15, -0.1) is 0 Å². The molecule has 2 rings (SSSR count). The van der Waals surface area contributed by atoms with Gasteiger partial charge in [0, 0.05) is 5.92 Å². The summed E-state index contributed by atoms with van der Waals surface area (Å²) in [7, 11) is 0. The van der Waals surface area contributed by atoms with Crippen LogP contribution in [0.15, 0.2) is 11.6 Å². The average Bonchev–Trinajstić information content (AvgIpc) is 2.83. The largest absolute Gasteiger partial charge is 0.294 e. The minimum absolute atomic E-state index is 0.296. The summed E-state index contributed by atoms with van der Waals surface area (Å²) in [6.07, 6.45) is 9.23. The lowest BCUT2D eigenvalue weighted by atomic mass is 9.98. The van der Waals surface area contributed by atoms with E-state index in [2.05, 4.69) is 19.9 Å². The Bertz CT molecular complexity index is 273. The van der Waals surface area contributed by atoms with E-state index >= 15 is 0 Å². The first-order valence-corrected chi connectivity index (χ1v) is 5.84. The molecule has 0 aromatic carbocycles. The van der Waals surface area contributed by atoms with Crippen LogP contribution in [-0.2, 0) is 4.79 Å². The molecular weight excluding hydrogens is 172 g/mol. The van der Waals surface area contributed by atoms with Crippen LogP contribution in [-0.4, -0.2) is 5.78 Å². The zero-order valence-corrected chi connectivity index (χ0v) is 9.31. The molecule has 0 heterocycles. The normalized spacial score (nSPS) is 30.4. The van der Waals surface area contributed by atoms with Gasteiger partial charge in [-0.05, 0) is 43.1 Å². The number of hydrogen-bond acceptors (Lipinski definition) is 1. The van der Waals surface area contributed by atoms with Gasteiger partial charge in [-0.3, -0.25) is 4.79 Å². The summed E-state index contributed by atoms with van der Waals surface area (Å²) in [5, 5.41) is 0. The van der Waals surface area contributed by atoms with Crippen molar-refractivity contribution in [1.82, 2.24) is 0 Å². The number of carbonyl (C=O) groups excluding carboxylic acids is 1. The van der Waals surface area contributed by atoms with Crippen molar-refractivity contribution in [3.8, 4) is 0 Å². The van der Waals surface area contributed by atoms with Crippen molar-refractivity contribution in [2.45, 2.75) is 52.4 Å². The second kappa shape index (κ2) is 3.52. The van der Waals surface area contributed by atoms with Crippen molar-refractivity contribution in [3.05, 3.63) is 11.6 Å². The molecule has 2 aliphatic carbocycles. The summed E-state index contributed by atoms with van der Waals surface area (Å²) in [4.78, 5) is 12.1. The standard InChI is InChI=1S/C13H20O/c1-13(2)9-11(13)12(14)10-7-5-3-4-6-8-10/h7,11H,3-6,8-9H2,1-2H3. The molecule has 1 fully saturated rings. The van der Waals surface area contributed by atoms with Gasteiger partial charge in [-0.1, -0.05) is 26.3 Å². The Balaban J connectivity index is 2.00. The van der Waals surface area contributed by atoms with E-state index in [0.717, 1.165) is 24.8 Å². The summed E-state index contributed by atoms with van der Waals surface area (Å²) in [6.45, 7) is 4.40. The molecule has 0 aliphatic heterocycles. The molecule has 1 nitrogen and oxygen atoms in total. The Kier molecular flexibility index (Phi) is 2.50. The molecule has 0 radical (unpaired) electrons. The molecule has 0 aromatic heterocycles. The average molecular weight is 192 g/mol. The Morgan fingerprint density at radius 1 is 1.36 bits per heavy atom. The summed E-state index contributed by atoms with van der Waals surface area (Å²) >= 11 is 0. The zero-order valence-electron chi connectivity index (χ0n) is 9.31. The molecule has 0 amide bonds. The monoisotopic (exact) mass is 192 g/mol. The number of Topliss-reactive ketones (excluding diaryl/α,β-unsaturated/α-hetero) is 1. The zero-order chi connectivity index (χ0) is 10.2. The van der Waals surface area contributed by atoms with Crippen molar-refractivity contribution in [2.24, 2.45) is 11.3 Å². The lowest BCUT2D eigenvalue weighted by Crippen LogP contribution is -2.08. The number of rotatable bonds is 2. The van der Waals surface area contributed by atoms with E-state index in [1.165, 1.54) is 19.3 Å². The van der Waals surface area contributed by atoms with E-state index in [0.29, 0.717) is 17.1 Å². The minimum atomic E-state index is 0.296. The highest BCUT2D eigenvalue weighted by atomic mass is 16.1. The highest BCUT2D eigenvalue weighted by Crippen LogP contribution is 2.53. The van der Waals surface area contributed by atoms with Crippen molar-refractivity contribution >= 4 is 5.78 Å². The molecule has 1 heteroatoms. The van der Waals surface area contributed by atoms with Crippen LogP contribution in [0, 0.1) is 11.3 Å². The number of hydrogen-bond donors (Lipinski definition) is 0. The molecule has 1 unspecified atom stereocenters. The van der Waals surface area contributed by atoms with E-state index in [1.807, 2.05) is 0 Å². The third-order valence-corrected chi connectivity index (χ3v) is 3.69. The summed E-state index contributed by atoms with van der Waals surface area (Å²) in [5.74, 6) is 0.795. The molecular formula is C13H20O. The van der Waals surface area contributed by atoms with Gasteiger partial charge < -0.3 is 0 Å². The smallest absolute Gasteiger partial charge is 0.162 e. The maximum Gasteiger partial charge on any atom is 0.162 e. The molecule has 0 spiro atoms. The predicted molar refractivity (Wildman–Crippen MR) is 58.1 cm³/mol. The molecule has 1 atom stereocenters. The van der Waals surface area contributed by atoms with Gasteiger partial charge in [0.05, 0.1) is 0 Å². The van der Waals surface area contributed by atoms with Gasteiger partial charge in [0.25, 0.3) is 0 Å². The van der Waals surface area contributed by atoms with E-state index in [4.69, 9.17) is 0 Å². The highest BCUT2D eigenvalue weighted by molar-refractivity contribution is 5.99. The van der Waals surface area contributed by atoms with E-state index < -0.39 is 0 Å². The van der Waals surface area contributed by atoms with E-state index in [-0.39, 0.29) is 0 Å². The lowest BCUT2D eigenvalue weighted by Gasteiger charge is -2.05. The van der Waals surface area contributed by atoms with Crippen molar-refractivity contribution in [3.63, 3.8) is 0 Å². The first-order chi connectivity index (χ1) is 6.61. The number of allylic oxidation sites excluding steroid dienone is 2. The maximum absolute atomic E-state index is 12.1. The van der Waals surface area contributed by atoms with Gasteiger partial charge in [0.15, 0.2) is 5.78 Å². The number of ketones is 1. The minimum Gasteiger partial charge on any atom is -0.294 e. The fraction of sp³-hybridized carbons (Fsp3) is 0.769. The van der Waals surface area contributed by atoms with Crippen LogP contribution in [0.25, 0.3) is 0 Å². The van der Waals surface area contributed by atoms with Gasteiger partial charge in [-0.25, -0.2) is 0 Å². The van der Waals surface area contributed by atoms with Crippen LogP contribution in [0.5, 0.6) is 0 Å². The summed E-state index contributed by atoms with van der Waals surface area (Å²) in [6, 6.07) is 0. The molecule has 1 saturated carbocycles. The molecule has 0 aromatic rings. The molecule has 0 saturated heterocycles. The van der Waals surface area contributed by atoms with Crippen LogP contribution in [0.4, 0.5) is 0 Å². The van der Waals surface area contributed by atoms with E-state index in [1.54, 1.807) is 0 Å².